The quantitative estimate of drug-likeness (QED) is 0.803. The zero-order chi connectivity index (χ0) is 15.9. The third-order valence-electron chi connectivity index (χ3n) is 2.88. The maximum atomic E-state index is 11.6. The molecule has 2 rings (SSSR count). The fourth-order valence-electron chi connectivity index (χ4n) is 1.74. The average molecular weight is 339 g/mol. The van der Waals surface area contributed by atoms with Crippen LogP contribution in [-0.2, 0) is 4.79 Å². The molecule has 1 aromatic carbocycles. The molecule has 0 radical (unpaired) electrons. The summed E-state index contributed by atoms with van der Waals surface area (Å²) in [6.45, 7) is 2.04. The number of hydrogen-bond donors (Lipinski definition) is 2. The Morgan fingerprint density at radius 3 is 2.50 bits per heavy atom. The molecule has 116 valence electrons. The summed E-state index contributed by atoms with van der Waals surface area (Å²) in [7, 11) is 0. The number of anilines is 3. The maximum Gasteiger partial charge on any atom is 0.225 e. The van der Waals surface area contributed by atoms with Gasteiger partial charge in [-0.15, -0.1) is 10.2 Å². The summed E-state index contributed by atoms with van der Waals surface area (Å²) in [4.78, 5) is 11.6. The Balaban J connectivity index is 1.98. The fraction of sp³-hybridized carbons (Fsp3) is 0.267. The summed E-state index contributed by atoms with van der Waals surface area (Å²) in [5.41, 5.74) is 0.681. The number of nitrogens with zero attached hydrogens (tertiary/aromatic N) is 2. The Morgan fingerprint density at radius 1 is 1.14 bits per heavy atom. The van der Waals surface area contributed by atoms with Crippen LogP contribution in [0.4, 0.5) is 17.3 Å². The molecule has 0 aliphatic carbocycles. The van der Waals surface area contributed by atoms with Gasteiger partial charge in [-0.2, -0.15) is 0 Å². The van der Waals surface area contributed by atoms with Crippen molar-refractivity contribution in [2.75, 3.05) is 10.6 Å². The zero-order valence-corrected chi connectivity index (χ0v) is 13.6. The molecule has 0 fully saturated rings. The summed E-state index contributed by atoms with van der Waals surface area (Å²) in [6, 6.07) is 8.52. The molecule has 0 unspecified atom stereocenters. The van der Waals surface area contributed by atoms with Crippen LogP contribution < -0.4 is 10.6 Å². The monoisotopic (exact) mass is 338 g/mol. The van der Waals surface area contributed by atoms with Crippen molar-refractivity contribution in [1.29, 1.82) is 0 Å². The number of amides is 1. The van der Waals surface area contributed by atoms with Crippen LogP contribution in [0.3, 0.4) is 0 Å². The van der Waals surface area contributed by atoms with Crippen molar-refractivity contribution >= 4 is 46.4 Å². The van der Waals surface area contributed by atoms with Gasteiger partial charge in [-0.1, -0.05) is 36.5 Å². The van der Waals surface area contributed by atoms with Crippen molar-refractivity contribution in [2.45, 2.75) is 26.2 Å². The van der Waals surface area contributed by atoms with Gasteiger partial charge in [-0.25, -0.2) is 0 Å². The van der Waals surface area contributed by atoms with Crippen molar-refractivity contribution in [3.8, 4) is 0 Å². The predicted molar refractivity (Wildman–Crippen MR) is 89.9 cm³/mol. The van der Waals surface area contributed by atoms with Gasteiger partial charge in [0.2, 0.25) is 5.91 Å². The first kappa shape index (κ1) is 16.5. The van der Waals surface area contributed by atoms with Crippen molar-refractivity contribution in [3.63, 3.8) is 0 Å². The Hall–Kier alpha value is -1.85. The zero-order valence-electron chi connectivity index (χ0n) is 12.1. The lowest BCUT2D eigenvalue weighted by atomic mass is 10.2. The molecule has 1 aromatic heterocycles. The molecule has 5 nitrogen and oxygen atoms in total. The second-order valence-electron chi connectivity index (χ2n) is 4.70. The normalized spacial score (nSPS) is 10.3. The van der Waals surface area contributed by atoms with Gasteiger partial charge in [-0.3, -0.25) is 4.79 Å². The van der Waals surface area contributed by atoms with Crippen molar-refractivity contribution < 1.29 is 4.79 Å². The summed E-state index contributed by atoms with van der Waals surface area (Å²) in [6.07, 6.45) is 2.32. The minimum Gasteiger partial charge on any atom is -0.338 e. The van der Waals surface area contributed by atoms with Gasteiger partial charge in [0, 0.05) is 11.4 Å². The lowest BCUT2D eigenvalue weighted by molar-refractivity contribution is -0.116. The highest BCUT2D eigenvalue weighted by molar-refractivity contribution is 6.36. The second kappa shape index (κ2) is 7.96. The van der Waals surface area contributed by atoms with Gasteiger partial charge in [0.25, 0.3) is 0 Å². The largest absolute Gasteiger partial charge is 0.338 e. The molecule has 7 heteroatoms. The third kappa shape index (κ3) is 4.86. The van der Waals surface area contributed by atoms with E-state index in [0.29, 0.717) is 33.8 Å². The van der Waals surface area contributed by atoms with Gasteiger partial charge in [0.1, 0.15) is 0 Å². The molecular formula is C15H16Cl2N4O. The number of benzene rings is 1. The maximum absolute atomic E-state index is 11.6. The van der Waals surface area contributed by atoms with E-state index in [2.05, 4.69) is 20.8 Å². The highest BCUT2D eigenvalue weighted by Gasteiger charge is 2.05. The number of unbranched alkanes of at least 4 members (excludes halogenated alkanes) is 1. The molecule has 2 aromatic rings. The van der Waals surface area contributed by atoms with Gasteiger partial charge < -0.3 is 10.6 Å². The number of carbonyl (C=O) groups excluding carboxylic acids is 1. The van der Waals surface area contributed by atoms with Gasteiger partial charge in [0.05, 0.1) is 10.7 Å². The van der Waals surface area contributed by atoms with Crippen LogP contribution in [0.1, 0.15) is 26.2 Å². The van der Waals surface area contributed by atoms with Crippen LogP contribution in [0.25, 0.3) is 0 Å². The first-order valence-corrected chi connectivity index (χ1v) is 7.69. The number of carbonyl (C=O) groups is 1. The summed E-state index contributed by atoms with van der Waals surface area (Å²) < 4.78 is 0. The molecule has 0 aliphatic heterocycles. The molecular weight excluding hydrogens is 323 g/mol. The molecule has 1 heterocycles. The number of aromatic nitrogens is 2. The van der Waals surface area contributed by atoms with E-state index in [0.717, 1.165) is 12.8 Å². The number of rotatable bonds is 6. The van der Waals surface area contributed by atoms with Crippen LogP contribution in [0.5, 0.6) is 0 Å². The average Bonchev–Trinajstić information content (AvgIpc) is 2.50. The molecule has 0 aliphatic rings. The third-order valence-corrected chi connectivity index (χ3v) is 3.43. The van der Waals surface area contributed by atoms with E-state index in [1.807, 2.05) is 6.92 Å². The van der Waals surface area contributed by atoms with E-state index >= 15 is 0 Å². The first-order valence-electron chi connectivity index (χ1n) is 6.94. The van der Waals surface area contributed by atoms with Crippen LogP contribution in [0, 0.1) is 0 Å². The Morgan fingerprint density at radius 2 is 1.86 bits per heavy atom. The van der Waals surface area contributed by atoms with Gasteiger partial charge >= 0.3 is 0 Å². The van der Waals surface area contributed by atoms with E-state index in [1.54, 1.807) is 30.3 Å². The van der Waals surface area contributed by atoms with Gasteiger partial charge in [-0.05, 0) is 36.8 Å². The molecule has 2 N–H and O–H groups in total. The Bertz CT molecular complexity index is 646. The summed E-state index contributed by atoms with van der Waals surface area (Å²) >= 11 is 11.9. The highest BCUT2D eigenvalue weighted by Crippen LogP contribution is 2.27. The van der Waals surface area contributed by atoms with E-state index in [4.69, 9.17) is 23.2 Å². The lowest BCUT2D eigenvalue weighted by Crippen LogP contribution is -2.12. The summed E-state index contributed by atoms with van der Waals surface area (Å²) in [5, 5.41) is 14.8. The molecule has 0 saturated heterocycles. The van der Waals surface area contributed by atoms with E-state index in [9.17, 15) is 4.79 Å². The molecule has 0 atom stereocenters. The van der Waals surface area contributed by atoms with Crippen LogP contribution in [0.15, 0.2) is 30.3 Å². The predicted octanol–water partition coefficient (Wildman–Crippen LogP) is 4.66. The lowest BCUT2D eigenvalue weighted by Gasteiger charge is -2.08. The Kier molecular flexibility index (Phi) is 5.98. The smallest absolute Gasteiger partial charge is 0.225 e. The van der Waals surface area contributed by atoms with Crippen LogP contribution in [0.2, 0.25) is 10.0 Å². The standard InChI is InChI=1S/C15H16Cl2N4O/c1-2-3-4-15(22)19-14-8-7-13(20-21-14)18-12-6-5-10(16)9-11(12)17/h5-9H,2-4H2,1H3,(H,18,20)(H,19,21,22). The molecule has 1 amide bonds. The van der Waals surface area contributed by atoms with Crippen molar-refractivity contribution in [1.82, 2.24) is 10.2 Å². The minimum atomic E-state index is -0.0578. The second-order valence-corrected chi connectivity index (χ2v) is 5.55. The highest BCUT2D eigenvalue weighted by atomic mass is 35.5. The number of nitrogens with one attached hydrogen (secondary N) is 2. The number of hydrogen-bond acceptors (Lipinski definition) is 4. The molecule has 0 bridgehead atoms. The first-order chi connectivity index (χ1) is 10.6. The SMILES string of the molecule is CCCCC(=O)Nc1ccc(Nc2ccc(Cl)cc2Cl)nn1. The molecule has 22 heavy (non-hydrogen) atoms. The van der Waals surface area contributed by atoms with Crippen molar-refractivity contribution in [3.05, 3.63) is 40.4 Å². The van der Waals surface area contributed by atoms with E-state index < -0.39 is 0 Å². The fourth-order valence-corrected chi connectivity index (χ4v) is 2.19. The molecule has 0 saturated carbocycles. The van der Waals surface area contributed by atoms with Crippen LogP contribution >= 0.6 is 23.2 Å². The van der Waals surface area contributed by atoms with E-state index in [1.165, 1.54) is 0 Å². The topological polar surface area (TPSA) is 66.9 Å². The van der Waals surface area contributed by atoms with Crippen LogP contribution in [-0.4, -0.2) is 16.1 Å². The van der Waals surface area contributed by atoms with Crippen molar-refractivity contribution in [2.24, 2.45) is 0 Å². The minimum absolute atomic E-state index is 0.0578. The summed E-state index contributed by atoms with van der Waals surface area (Å²) in [5.74, 6) is 0.891. The molecule has 0 spiro atoms. The Labute approximate surface area is 139 Å². The number of halogens is 2. The van der Waals surface area contributed by atoms with E-state index in [-0.39, 0.29) is 5.91 Å². The van der Waals surface area contributed by atoms with Gasteiger partial charge in [0.15, 0.2) is 11.6 Å².